The molecule has 2 aromatic carbocycles. The van der Waals surface area contributed by atoms with Gasteiger partial charge in [-0.25, -0.2) is 0 Å². The summed E-state index contributed by atoms with van der Waals surface area (Å²) in [4.78, 5) is 40.9. The Morgan fingerprint density at radius 2 is 1.56 bits per heavy atom. The van der Waals surface area contributed by atoms with Crippen molar-refractivity contribution in [1.29, 1.82) is 0 Å². The highest BCUT2D eigenvalue weighted by Crippen LogP contribution is 2.28. The maximum atomic E-state index is 13.4. The van der Waals surface area contributed by atoms with Gasteiger partial charge in [0, 0.05) is 24.2 Å². The first kappa shape index (κ1) is 25.7. The van der Waals surface area contributed by atoms with Crippen LogP contribution in [0.15, 0.2) is 54.6 Å². The number of likely N-dealkylation sites (tertiary alicyclic amines) is 1. The van der Waals surface area contributed by atoms with E-state index < -0.39 is 6.04 Å². The molecule has 7 heteroatoms. The number of carbonyl (C=O) groups excluding carboxylic acids is 3. The number of benzene rings is 2. The zero-order valence-electron chi connectivity index (χ0n) is 21.2. The normalized spacial score (nSPS) is 22.5. The minimum atomic E-state index is -0.400. The summed E-state index contributed by atoms with van der Waals surface area (Å²) < 4.78 is 5.15. The van der Waals surface area contributed by atoms with Crippen LogP contribution in [-0.4, -0.2) is 54.4 Å². The monoisotopic (exact) mass is 491 g/mol. The molecule has 1 heterocycles. The van der Waals surface area contributed by atoms with Crippen molar-refractivity contribution in [2.24, 2.45) is 0 Å². The highest BCUT2D eigenvalue weighted by molar-refractivity contribution is 5.94. The number of hydrogen-bond donors (Lipinski definition) is 2. The standard InChI is InChI=1S/C29H37N3O4/c1-3-25(20-8-5-4-6-9-20)29(35)32-19-7-10-26(32)28(34)31-23-15-13-22(14-16-23)30-27(33)21-11-17-24(36-2)18-12-21/h4-6,8-9,11-12,17-18,22-23,25-26H,3,7,10,13-16,19H2,1-2H3,(H,30,33)(H,31,34)/t22?,23?,25?,26-/m1/s1. The summed E-state index contributed by atoms with van der Waals surface area (Å²) in [6.45, 7) is 2.65. The molecular weight excluding hydrogens is 454 g/mol. The minimum absolute atomic E-state index is 0.0468. The number of amides is 3. The van der Waals surface area contributed by atoms with Crippen molar-refractivity contribution in [3.8, 4) is 5.75 Å². The van der Waals surface area contributed by atoms with E-state index in [0.29, 0.717) is 24.9 Å². The third-order valence-electron chi connectivity index (χ3n) is 7.51. The highest BCUT2D eigenvalue weighted by atomic mass is 16.5. The fourth-order valence-electron chi connectivity index (χ4n) is 5.43. The van der Waals surface area contributed by atoms with Gasteiger partial charge in [-0.05, 0) is 74.8 Å². The molecule has 2 fully saturated rings. The van der Waals surface area contributed by atoms with E-state index >= 15 is 0 Å². The van der Waals surface area contributed by atoms with Crippen LogP contribution in [0.25, 0.3) is 0 Å². The average Bonchev–Trinajstić information content (AvgIpc) is 3.41. The van der Waals surface area contributed by atoms with Gasteiger partial charge in [-0.15, -0.1) is 0 Å². The molecule has 3 amide bonds. The molecule has 0 aromatic heterocycles. The smallest absolute Gasteiger partial charge is 0.251 e. The first-order chi connectivity index (χ1) is 17.5. The number of nitrogens with one attached hydrogen (secondary N) is 2. The lowest BCUT2D eigenvalue weighted by atomic mass is 9.90. The van der Waals surface area contributed by atoms with Crippen molar-refractivity contribution >= 4 is 17.7 Å². The van der Waals surface area contributed by atoms with E-state index in [9.17, 15) is 14.4 Å². The third kappa shape index (κ3) is 6.07. The molecule has 1 unspecified atom stereocenters. The zero-order valence-corrected chi connectivity index (χ0v) is 21.2. The van der Waals surface area contributed by atoms with Crippen molar-refractivity contribution in [2.45, 2.75) is 75.9 Å². The SMILES string of the molecule is CCC(C(=O)N1CCC[C@@H]1C(=O)NC1CCC(NC(=O)c2ccc(OC)cc2)CC1)c1ccccc1. The summed E-state index contributed by atoms with van der Waals surface area (Å²) in [6.07, 6.45) is 5.50. The van der Waals surface area contributed by atoms with Crippen LogP contribution in [0.3, 0.4) is 0 Å². The second kappa shape index (κ2) is 12.1. The van der Waals surface area contributed by atoms with Crippen molar-refractivity contribution in [3.63, 3.8) is 0 Å². The fraction of sp³-hybridized carbons (Fsp3) is 0.483. The molecule has 1 saturated heterocycles. The Morgan fingerprint density at radius 1 is 0.917 bits per heavy atom. The third-order valence-corrected chi connectivity index (χ3v) is 7.51. The van der Waals surface area contributed by atoms with E-state index in [4.69, 9.17) is 4.74 Å². The Labute approximate surface area is 213 Å². The lowest BCUT2D eigenvalue weighted by molar-refractivity contribution is -0.140. The van der Waals surface area contributed by atoms with Gasteiger partial charge in [-0.3, -0.25) is 14.4 Å². The number of hydrogen-bond acceptors (Lipinski definition) is 4. The number of nitrogens with zero attached hydrogens (tertiary/aromatic N) is 1. The molecule has 36 heavy (non-hydrogen) atoms. The molecule has 2 atom stereocenters. The largest absolute Gasteiger partial charge is 0.497 e. The maximum Gasteiger partial charge on any atom is 0.251 e. The van der Waals surface area contributed by atoms with Crippen LogP contribution in [0.4, 0.5) is 0 Å². The number of carbonyl (C=O) groups is 3. The summed E-state index contributed by atoms with van der Waals surface area (Å²) in [7, 11) is 1.60. The van der Waals surface area contributed by atoms with Gasteiger partial charge in [-0.2, -0.15) is 0 Å². The van der Waals surface area contributed by atoms with Crippen LogP contribution >= 0.6 is 0 Å². The molecule has 1 aliphatic heterocycles. The first-order valence-corrected chi connectivity index (χ1v) is 13.1. The van der Waals surface area contributed by atoms with Crippen LogP contribution in [0.1, 0.15) is 73.7 Å². The van der Waals surface area contributed by atoms with Crippen LogP contribution in [0.2, 0.25) is 0 Å². The number of rotatable bonds is 8. The maximum absolute atomic E-state index is 13.4. The lowest BCUT2D eigenvalue weighted by Crippen LogP contribution is -2.51. The van der Waals surface area contributed by atoms with Gasteiger partial charge in [0.05, 0.1) is 13.0 Å². The second-order valence-corrected chi connectivity index (χ2v) is 9.82. The molecule has 0 spiro atoms. The molecule has 1 saturated carbocycles. The topological polar surface area (TPSA) is 87.7 Å². The molecule has 1 aliphatic carbocycles. The second-order valence-electron chi connectivity index (χ2n) is 9.82. The highest BCUT2D eigenvalue weighted by Gasteiger charge is 2.38. The molecule has 2 aliphatic rings. The molecule has 192 valence electrons. The van der Waals surface area contributed by atoms with Crippen molar-refractivity contribution in [2.75, 3.05) is 13.7 Å². The predicted molar refractivity (Wildman–Crippen MR) is 139 cm³/mol. The Bertz CT molecular complexity index is 1030. The van der Waals surface area contributed by atoms with Crippen molar-refractivity contribution in [1.82, 2.24) is 15.5 Å². The Morgan fingerprint density at radius 3 is 2.17 bits per heavy atom. The van der Waals surface area contributed by atoms with E-state index in [1.54, 1.807) is 36.3 Å². The summed E-state index contributed by atoms with van der Waals surface area (Å²) in [5.74, 6) is 0.412. The summed E-state index contributed by atoms with van der Waals surface area (Å²) in [5.41, 5.74) is 1.61. The van der Waals surface area contributed by atoms with Gasteiger partial charge in [0.25, 0.3) is 5.91 Å². The molecule has 4 rings (SSSR count). The quantitative estimate of drug-likeness (QED) is 0.584. The molecule has 7 nitrogen and oxygen atoms in total. The van der Waals surface area contributed by atoms with Crippen molar-refractivity contribution < 1.29 is 19.1 Å². The zero-order chi connectivity index (χ0) is 25.5. The van der Waals surface area contributed by atoms with Crippen molar-refractivity contribution in [3.05, 3.63) is 65.7 Å². The molecule has 0 radical (unpaired) electrons. The van der Waals surface area contributed by atoms with Gasteiger partial charge in [0.2, 0.25) is 11.8 Å². The van der Waals surface area contributed by atoms with Crippen LogP contribution < -0.4 is 15.4 Å². The first-order valence-electron chi connectivity index (χ1n) is 13.1. The number of ether oxygens (including phenoxy) is 1. The van der Waals surface area contributed by atoms with Crippen LogP contribution in [-0.2, 0) is 9.59 Å². The summed E-state index contributed by atoms with van der Waals surface area (Å²) in [5, 5.41) is 6.31. The molecule has 0 bridgehead atoms. The van der Waals surface area contributed by atoms with E-state index in [1.165, 1.54) is 0 Å². The van der Waals surface area contributed by atoms with Crippen LogP contribution in [0.5, 0.6) is 5.75 Å². The van der Waals surface area contributed by atoms with Gasteiger partial charge < -0.3 is 20.3 Å². The summed E-state index contributed by atoms with van der Waals surface area (Å²) in [6, 6.07) is 16.7. The summed E-state index contributed by atoms with van der Waals surface area (Å²) >= 11 is 0. The Kier molecular flexibility index (Phi) is 8.62. The van der Waals surface area contributed by atoms with E-state index in [2.05, 4.69) is 10.6 Å². The molecule has 2 aromatic rings. The average molecular weight is 492 g/mol. The minimum Gasteiger partial charge on any atom is -0.497 e. The lowest BCUT2D eigenvalue weighted by Gasteiger charge is -2.32. The molecule has 2 N–H and O–H groups in total. The predicted octanol–water partition coefficient (Wildman–Crippen LogP) is 4.04. The van der Waals surface area contributed by atoms with Gasteiger partial charge in [0.1, 0.15) is 11.8 Å². The van der Waals surface area contributed by atoms with Crippen LogP contribution in [0, 0.1) is 0 Å². The Hall–Kier alpha value is -3.35. The van der Waals surface area contributed by atoms with E-state index in [1.807, 2.05) is 37.3 Å². The van der Waals surface area contributed by atoms with E-state index in [-0.39, 0.29) is 35.7 Å². The Balaban J connectivity index is 1.27. The van der Waals surface area contributed by atoms with E-state index in [0.717, 1.165) is 43.4 Å². The number of methoxy groups -OCH3 is 1. The van der Waals surface area contributed by atoms with Gasteiger partial charge in [0.15, 0.2) is 0 Å². The molecular formula is C29H37N3O4. The fourth-order valence-corrected chi connectivity index (χ4v) is 5.43. The van der Waals surface area contributed by atoms with Gasteiger partial charge >= 0.3 is 0 Å². The van der Waals surface area contributed by atoms with Gasteiger partial charge in [-0.1, -0.05) is 37.3 Å².